The van der Waals surface area contributed by atoms with Crippen LogP contribution in [0.3, 0.4) is 0 Å². The van der Waals surface area contributed by atoms with E-state index >= 15 is 0 Å². The number of aliphatic carboxylic acids is 1. The van der Waals surface area contributed by atoms with Crippen LogP contribution in [0.5, 0.6) is 0 Å². The molecular weight excluding hydrogens is 274 g/mol. The number of hydrogen-bond donors (Lipinski definition) is 1. The highest BCUT2D eigenvalue weighted by Gasteiger charge is 2.44. The molecule has 2 aliphatic rings. The Labute approximate surface area is 111 Å². The van der Waals surface area contributed by atoms with E-state index in [9.17, 15) is 14.7 Å². The number of hydrogen-bond acceptors (Lipinski definition) is 6. The predicted molar refractivity (Wildman–Crippen MR) is 64.9 cm³/mol. The van der Waals surface area contributed by atoms with Crippen molar-refractivity contribution in [2.75, 3.05) is 0 Å². The Balaban J connectivity index is 1.95. The van der Waals surface area contributed by atoms with Gasteiger partial charge in [0.15, 0.2) is 4.34 Å². The smallest absolute Gasteiger partial charge is 0.353 e. The van der Waals surface area contributed by atoms with Crippen molar-refractivity contribution < 1.29 is 14.7 Å². The van der Waals surface area contributed by atoms with E-state index in [0.29, 0.717) is 22.1 Å². The Morgan fingerprint density at radius 2 is 2.44 bits per heavy atom. The van der Waals surface area contributed by atoms with Crippen molar-refractivity contribution in [3.8, 4) is 0 Å². The number of amides is 1. The lowest BCUT2D eigenvalue weighted by Gasteiger charge is -2.44. The molecule has 0 radical (unpaired) electrons. The van der Waals surface area contributed by atoms with Gasteiger partial charge in [-0.25, -0.2) is 4.79 Å². The molecule has 0 unspecified atom stereocenters. The van der Waals surface area contributed by atoms with Gasteiger partial charge < -0.3 is 10.0 Å². The predicted octanol–water partition coefficient (Wildman–Crippen LogP) is 1.32. The highest BCUT2D eigenvalue weighted by atomic mass is 32.2. The number of carboxylic acids is 1. The molecule has 6 nitrogen and oxygen atoms in total. The third-order valence-corrected chi connectivity index (χ3v) is 4.93. The summed E-state index contributed by atoms with van der Waals surface area (Å²) in [4.78, 5) is 25.0. The van der Waals surface area contributed by atoms with E-state index < -0.39 is 5.97 Å². The van der Waals surface area contributed by atoms with Crippen LogP contribution in [0.25, 0.3) is 0 Å². The van der Waals surface area contributed by atoms with Crippen LogP contribution in [0.2, 0.25) is 0 Å². The zero-order valence-electron chi connectivity index (χ0n) is 9.20. The van der Waals surface area contributed by atoms with Crippen molar-refractivity contribution >= 4 is 35.0 Å². The Morgan fingerprint density at radius 1 is 1.61 bits per heavy atom. The molecule has 8 heteroatoms. The van der Waals surface area contributed by atoms with E-state index in [-0.39, 0.29) is 17.6 Å². The summed E-state index contributed by atoms with van der Waals surface area (Å²) in [5.74, 6) is -1.15. The van der Waals surface area contributed by atoms with Crippen LogP contribution < -0.4 is 0 Å². The molecule has 1 amide bonds. The first-order valence-electron chi connectivity index (χ1n) is 5.39. The fraction of sp³-hybridized carbons (Fsp3) is 0.400. The molecule has 1 aromatic heterocycles. The summed E-state index contributed by atoms with van der Waals surface area (Å²) in [6.45, 7) is 0. The molecule has 1 N–H and O–H groups in total. The molecule has 0 aromatic carbocycles. The van der Waals surface area contributed by atoms with Crippen molar-refractivity contribution in [1.29, 1.82) is 0 Å². The molecule has 1 saturated heterocycles. The summed E-state index contributed by atoms with van der Waals surface area (Å²) < 4.78 is 0.704. The fourth-order valence-electron chi connectivity index (χ4n) is 2.21. The van der Waals surface area contributed by atoms with Gasteiger partial charge in [0.2, 0.25) is 5.91 Å². The summed E-state index contributed by atoms with van der Waals surface area (Å²) >= 11 is 2.66. The van der Waals surface area contributed by atoms with Gasteiger partial charge in [0.1, 0.15) is 11.2 Å². The third-order valence-electron chi connectivity index (χ3n) is 3.01. The zero-order valence-corrected chi connectivity index (χ0v) is 10.8. The second kappa shape index (κ2) is 4.36. The topological polar surface area (TPSA) is 83.4 Å². The molecule has 0 spiro atoms. The Bertz CT molecular complexity index is 541. The van der Waals surface area contributed by atoms with Crippen LogP contribution in [-0.2, 0) is 9.59 Å². The van der Waals surface area contributed by atoms with E-state index in [4.69, 9.17) is 0 Å². The molecule has 94 valence electrons. The van der Waals surface area contributed by atoms with Gasteiger partial charge in [-0.3, -0.25) is 4.79 Å². The average Bonchev–Trinajstić information content (AvgIpc) is 2.81. The Kier molecular flexibility index (Phi) is 2.83. The summed E-state index contributed by atoms with van der Waals surface area (Å²) in [6.07, 6.45) is 1.97. The maximum atomic E-state index is 11.5. The third kappa shape index (κ3) is 1.81. The van der Waals surface area contributed by atoms with Gasteiger partial charge in [-0.15, -0.1) is 10.2 Å². The van der Waals surface area contributed by atoms with Gasteiger partial charge in [0.25, 0.3) is 0 Å². The van der Waals surface area contributed by atoms with Crippen molar-refractivity contribution in [1.82, 2.24) is 15.1 Å². The van der Waals surface area contributed by atoms with Crippen molar-refractivity contribution in [2.45, 2.75) is 29.6 Å². The minimum atomic E-state index is -1.04. The molecule has 2 aliphatic heterocycles. The molecular formula is C10H9N3O3S2. The van der Waals surface area contributed by atoms with Crippen LogP contribution in [0.15, 0.2) is 20.5 Å². The molecule has 1 aromatic rings. The fourth-order valence-corrected chi connectivity index (χ4v) is 3.91. The first-order valence-corrected chi connectivity index (χ1v) is 7.09. The SMILES string of the molecule is O=C(O)C1=C(Sc2nncs2)CC[C@@H]2CC(=O)N12. The minimum Gasteiger partial charge on any atom is -0.477 e. The summed E-state index contributed by atoms with van der Waals surface area (Å²) in [7, 11) is 0. The number of allylic oxidation sites excluding steroid dienone is 1. The molecule has 0 aliphatic carbocycles. The first-order chi connectivity index (χ1) is 8.66. The second-order valence-electron chi connectivity index (χ2n) is 4.04. The highest BCUT2D eigenvalue weighted by Crippen LogP contribution is 2.42. The summed E-state index contributed by atoms with van der Waals surface area (Å²) in [6, 6.07) is 0.0716. The molecule has 0 saturated carbocycles. The van der Waals surface area contributed by atoms with Crippen LogP contribution in [-0.4, -0.2) is 38.1 Å². The standard InChI is InChI=1S/C10H9N3O3S2/c14-7-3-5-1-2-6(8(9(15)16)13(5)7)18-10-12-11-4-17-10/h4-5H,1-3H2,(H,15,16)/t5-/m1/s1. The lowest BCUT2D eigenvalue weighted by molar-refractivity contribution is -0.150. The molecule has 3 heterocycles. The molecule has 0 bridgehead atoms. The first kappa shape index (κ1) is 11.7. The normalized spacial score (nSPS) is 22.8. The number of fused-ring (bicyclic) bond motifs is 1. The summed E-state index contributed by atoms with van der Waals surface area (Å²) in [5, 5.41) is 16.9. The number of aromatic nitrogens is 2. The number of nitrogens with zero attached hydrogens (tertiary/aromatic N) is 3. The number of carbonyl (C=O) groups is 2. The maximum Gasteiger partial charge on any atom is 0.353 e. The van der Waals surface area contributed by atoms with Gasteiger partial charge in [-0.05, 0) is 12.8 Å². The van der Waals surface area contributed by atoms with E-state index in [1.54, 1.807) is 5.51 Å². The number of rotatable bonds is 3. The molecule has 1 fully saturated rings. The van der Waals surface area contributed by atoms with E-state index in [1.807, 2.05) is 0 Å². The Morgan fingerprint density at radius 3 is 3.06 bits per heavy atom. The number of thioether (sulfide) groups is 1. The zero-order chi connectivity index (χ0) is 12.7. The van der Waals surface area contributed by atoms with Gasteiger partial charge in [-0.2, -0.15) is 0 Å². The van der Waals surface area contributed by atoms with Crippen LogP contribution >= 0.6 is 23.1 Å². The van der Waals surface area contributed by atoms with E-state index in [2.05, 4.69) is 10.2 Å². The van der Waals surface area contributed by atoms with Crippen LogP contribution in [0.1, 0.15) is 19.3 Å². The number of carbonyl (C=O) groups excluding carboxylic acids is 1. The number of carboxylic acid groups (broad SMARTS) is 1. The van der Waals surface area contributed by atoms with Crippen molar-refractivity contribution in [3.05, 3.63) is 16.1 Å². The monoisotopic (exact) mass is 283 g/mol. The van der Waals surface area contributed by atoms with E-state index in [0.717, 1.165) is 6.42 Å². The van der Waals surface area contributed by atoms with Crippen LogP contribution in [0, 0.1) is 0 Å². The van der Waals surface area contributed by atoms with Crippen molar-refractivity contribution in [3.63, 3.8) is 0 Å². The minimum absolute atomic E-state index is 0.0716. The average molecular weight is 283 g/mol. The van der Waals surface area contributed by atoms with Gasteiger partial charge in [0, 0.05) is 17.4 Å². The molecule has 3 rings (SSSR count). The number of β-lactam (4-membered cyclic amide) rings is 1. The summed E-state index contributed by atoms with van der Waals surface area (Å²) in [5.41, 5.74) is 1.73. The maximum absolute atomic E-state index is 11.5. The lowest BCUT2D eigenvalue weighted by Crippen LogP contribution is -2.55. The van der Waals surface area contributed by atoms with Gasteiger partial charge in [0.05, 0.1) is 0 Å². The van der Waals surface area contributed by atoms with Gasteiger partial charge >= 0.3 is 5.97 Å². The highest BCUT2D eigenvalue weighted by molar-refractivity contribution is 8.04. The Hall–Kier alpha value is -1.41. The van der Waals surface area contributed by atoms with Crippen molar-refractivity contribution in [2.24, 2.45) is 0 Å². The quantitative estimate of drug-likeness (QED) is 0.842. The van der Waals surface area contributed by atoms with Gasteiger partial charge in [-0.1, -0.05) is 23.1 Å². The second-order valence-corrected chi connectivity index (χ2v) is 6.22. The largest absolute Gasteiger partial charge is 0.477 e. The molecule has 1 atom stereocenters. The lowest BCUT2D eigenvalue weighted by atomic mass is 9.91. The van der Waals surface area contributed by atoms with E-state index in [1.165, 1.54) is 28.0 Å². The molecule has 18 heavy (non-hydrogen) atoms. The van der Waals surface area contributed by atoms with Crippen LogP contribution in [0.4, 0.5) is 0 Å².